The van der Waals surface area contributed by atoms with Crippen molar-refractivity contribution in [3.63, 3.8) is 0 Å². The Morgan fingerprint density at radius 3 is 2.40 bits per heavy atom. The largest absolute Gasteiger partial charge is 0.355 e. The van der Waals surface area contributed by atoms with Crippen LogP contribution >= 0.6 is 0 Å². The molecule has 0 aliphatic carbocycles. The summed E-state index contributed by atoms with van der Waals surface area (Å²) >= 11 is 0. The van der Waals surface area contributed by atoms with Gasteiger partial charge in [-0.1, -0.05) is 29.8 Å². The summed E-state index contributed by atoms with van der Waals surface area (Å²) in [6.45, 7) is 2.02. The molecule has 1 rings (SSSR count). The third kappa shape index (κ3) is 1.86. The van der Waals surface area contributed by atoms with Crippen LogP contribution in [0.4, 0.5) is 0 Å². The van der Waals surface area contributed by atoms with Gasteiger partial charge >= 0.3 is 7.48 Å². The van der Waals surface area contributed by atoms with E-state index in [-0.39, 0.29) is 7.48 Å². The molecule has 0 spiro atoms. The van der Waals surface area contributed by atoms with Gasteiger partial charge in [-0.2, -0.15) is 0 Å². The van der Waals surface area contributed by atoms with Crippen LogP contribution in [-0.2, 0) is 4.81 Å². The number of hydrogen-bond acceptors (Lipinski definition) is 2. The Morgan fingerprint density at radius 2 is 1.90 bits per heavy atom. The molecule has 1 aromatic rings. The molecule has 0 bridgehead atoms. The van der Waals surface area contributed by atoms with Crippen molar-refractivity contribution < 1.29 is 10.1 Å². The topological polar surface area (TPSA) is 29.5 Å². The van der Waals surface area contributed by atoms with Crippen LogP contribution in [0.2, 0.25) is 0 Å². The number of benzene rings is 1. The van der Waals surface area contributed by atoms with Gasteiger partial charge in [0.15, 0.2) is 0 Å². The van der Waals surface area contributed by atoms with Gasteiger partial charge in [-0.15, -0.1) is 0 Å². The number of rotatable bonds is 2. The first kappa shape index (κ1) is 7.31. The second kappa shape index (κ2) is 3.39. The highest BCUT2D eigenvalue weighted by Gasteiger charge is 1.93. The van der Waals surface area contributed by atoms with E-state index < -0.39 is 0 Å². The van der Waals surface area contributed by atoms with Crippen molar-refractivity contribution in [1.29, 1.82) is 0 Å². The van der Waals surface area contributed by atoms with E-state index in [0.717, 1.165) is 5.46 Å². The minimum Gasteiger partial charge on any atom is -0.306 e. The fourth-order valence-corrected chi connectivity index (χ4v) is 0.759. The van der Waals surface area contributed by atoms with E-state index in [1.54, 1.807) is 0 Å². The number of hydrogen-bond donors (Lipinski definition) is 1. The van der Waals surface area contributed by atoms with Crippen molar-refractivity contribution in [3.05, 3.63) is 29.8 Å². The van der Waals surface area contributed by atoms with Crippen LogP contribution in [0.25, 0.3) is 0 Å². The molecule has 52 valence electrons. The first-order valence-corrected chi connectivity index (χ1v) is 3.15. The van der Waals surface area contributed by atoms with Crippen molar-refractivity contribution in [2.24, 2.45) is 0 Å². The zero-order valence-electron chi connectivity index (χ0n) is 5.87. The normalized spacial score (nSPS) is 9.40. The van der Waals surface area contributed by atoms with Crippen molar-refractivity contribution in [3.8, 4) is 0 Å². The Labute approximate surface area is 60.7 Å². The second-order valence-electron chi connectivity index (χ2n) is 2.26. The maximum Gasteiger partial charge on any atom is 0.355 e. The molecule has 10 heavy (non-hydrogen) atoms. The van der Waals surface area contributed by atoms with Crippen molar-refractivity contribution in [1.82, 2.24) is 0 Å². The fraction of sp³-hybridized carbons (Fsp3) is 0.143. The predicted octanol–water partition coefficient (Wildman–Crippen LogP) is 0.461. The Morgan fingerprint density at radius 1 is 1.30 bits per heavy atom. The fourth-order valence-electron chi connectivity index (χ4n) is 0.759. The highest BCUT2D eigenvalue weighted by molar-refractivity contribution is 6.46. The lowest BCUT2D eigenvalue weighted by molar-refractivity contribution is -0.135. The molecule has 2 nitrogen and oxygen atoms in total. The molecular formula is C7H9BO2. The van der Waals surface area contributed by atoms with Crippen molar-refractivity contribution in [2.45, 2.75) is 6.92 Å². The molecular weight excluding hydrogens is 127 g/mol. The van der Waals surface area contributed by atoms with Gasteiger partial charge in [-0.05, 0) is 12.4 Å². The van der Waals surface area contributed by atoms with Crippen LogP contribution in [0.5, 0.6) is 0 Å². The van der Waals surface area contributed by atoms with Crippen molar-refractivity contribution in [2.75, 3.05) is 0 Å². The van der Waals surface area contributed by atoms with E-state index in [9.17, 15) is 0 Å². The molecule has 0 saturated heterocycles. The maximum atomic E-state index is 8.09. The van der Waals surface area contributed by atoms with Gasteiger partial charge in [0, 0.05) is 0 Å². The van der Waals surface area contributed by atoms with Gasteiger partial charge in [0.2, 0.25) is 0 Å². The molecule has 0 heterocycles. The van der Waals surface area contributed by atoms with Gasteiger partial charge in [0.05, 0.1) is 0 Å². The third-order valence-electron chi connectivity index (χ3n) is 1.35. The summed E-state index contributed by atoms with van der Waals surface area (Å²) in [5.74, 6) is 0. The molecule has 0 saturated carbocycles. The summed E-state index contributed by atoms with van der Waals surface area (Å²) < 4.78 is 0. The highest BCUT2D eigenvalue weighted by atomic mass is 17.1. The lowest BCUT2D eigenvalue weighted by Crippen LogP contribution is -2.15. The monoisotopic (exact) mass is 136 g/mol. The summed E-state index contributed by atoms with van der Waals surface area (Å²) in [6.07, 6.45) is 0. The lowest BCUT2D eigenvalue weighted by atomic mass is 9.88. The first-order valence-electron chi connectivity index (χ1n) is 3.15. The molecule has 0 amide bonds. The van der Waals surface area contributed by atoms with Gasteiger partial charge in [0.1, 0.15) is 0 Å². The first-order chi connectivity index (χ1) is 4.83. The third-order valence-corrected chi connectivity index (χ3v) is 1.35. The molecule has 3 heteroatoms. The Hall–Kier alpha value is -0.795. The van der Waals surface area contributed by atoms with Gasteiger partial charge in [-0.25, -0.2) is 0 Å². The molecule has 0 atom stereocenters. The highest BCUT2D eigenvalue weighted by Crippen LogP contribution is 1.91. The van der Waals surface area contributed by atoms with E-state index in [1.807, 2.05) is 31.2 Å². The van der Waals surface area contributed by atoms with E-state index >= 15 is 0 Å². The lowest BCUT2D eigenvalue weighted by Gasteiger charge is -1.95. The molecule has 0 aliphatic heterocycles. The summed E-state index contributed by atoms with van der Waals surface area (Å²) in [7, 11) is 0.264. The molecule has 0 radical (unpaired) electrons. The molecule has 0 fully saturated rings. The molecule has 1 aromatic carbocycles. The zero-order valence-corrected chi connectivity index (χ0v) is 5.87. The standard InChI is InChI=1S/C7H9BO2/c1-6-2-4-7(5-3-6)8-10-9/h2-5,8-9H,1H3. The second-order valence-corrected chi connectivity index (χ2v) is 2.26. The average Bonchev–Trinajstić information content (AvgIpc) is 1.95. The van der Waals surface area contributed by atoms with Gasteiger partial charge in [0.25, 0.3) is 0 Å². The van der Waals surface area contributed by atoms with Crippen LogP contribution in [0.3, 0.4) is 0 Å². The van der Waals surface area contributed by atoms with E-state index in [2.05, 4.69) is 4.81 Å². The minimum absolute atomic E-state index is 0.264. The van der Waals surface area contributed by atoms with E-state index in [1.165, 1.54) is 5.56 Å². The molecule has 0 unspecified atom stereocenters. The minimum atomic E-state index is 0.264. The van der Waals surface area contributed by atoms with Crippen LogP contribution < -0.4 is 5.46 Å². The van der Waals surface area contributed by atoms with Gasteiger partial charge < -0.3 is 4.81 Å². The maximum absolute atomic E-state index is 8.09. The van der Waals surface area contributed by atoms with Crippen LogP contribution in [0.1, 0.15) is 5.56 Å². The summed E-state index contributed by atoms with van der Waals surface area (Å²) in [4.78, 5) is 3.97. The quantitative estimate of drug-likeness (QED) is 0.363. The Balaban J connectivity index is 2.69. The van der Waals surface area contributed by atoms with Crippen LogP contribution in [0, 0.1) is 6.92 Å². The molecule has 0 aromatic heterocycles. The molecule has 0 aliphatic rings. The summed E-state index contributed by atoms with van der Waals surface area (Å²) in [5.41, 5.74) is 2.19. The average molecular weight is 136 g/mol. The Kier molecular flexibility index (Phi) is 2.48. The summed E-state index contributed by atoms with van der Waals surface area (Å²) in [5, 5.41) is 8.09. The van der Waals surface area contributed by atoms with E-state index in [0.29, 0.717) is 0 Å². The Bertz CT molecular complexity index is 195. The molecule has 1 N–H and O–H groups in total. The zero-order chi connectivity index (χ0) is 7.40. The van der Waals surface area contributed by atoms with Crippen molar-refractivity contribution >= 4 is 12.9 Å². The number of aryl methyl sites for hydroxylation is 1. The van der Waals surface area contributed by atoms with E-state index in [4.69, 9.17) is 5.26 Å². The predicted molar refractivity (Wildman–Crippen MR) is 41.7 cm³/mol. The van der Waals surface area contributed by atoms with Crippen LogP contribution in [-0.4, -0.2) is 12.7 Å². The van der Waals surface area contributed by atoms with Crippen LogP contribution in [0.15, 0.2) is 24.3 Å². The smallest absolute Gasteiger partial charge is 0.306 e. The summed E-state index contributed by atoms with van der Waals surface area (Å²) in [6, 6.07) is 7.81. The SMILES string of the molecule is Cc1ccc(BOO)cc1. The van der Waals surface area contributed by atoms with Gasteiger partial charge in [-0.3, -0.25) is 5.26 Å².